The van der Waals surface area contributed by atoms with Gasteiger partial charge in [0.2, 0.25) is 0 Å². The number of carbonyl (C=O) groups is 1. The highest BCUT2D eigenvalue weighted by molar-refractivity contribution is 7.08. The fraction of sp³-hybridized carbons (Fsp3) is 0.0833. The van der Waals surface area contributed by atoms with Crippen molar-refractivity contribution in [2.24, 2.45) is 0 Å². The number of nitrogens with one attached hydrogen (secondary N) is 2. The quantitative estimate of drug-likeness (QED) is 0.896. The summed E-state index contributed by atoms with van der Waals surface area (Å²) >= 11 is 1.42. The molecule has 0 aliphatic rings. The Morgan fingerprint density at radius 3 is 2.44 bits per heavy atom. The monoisotopic (exact) mass is 268 g/mol. The van der Waals surface area contributed by atoms with Gasteiger partial charge in [0.1, 0.15) is 17.3 Å². The van der Waals surface area contributed by atoms with Gasteiger partial charge in [0.25, 0.3) is 5.91 Å². The molecule has 0 aliphatic heterocycles. The molecule has 1 aromatic carbocycles. The summed E-state index contributed by atoms with van der Waals surface area (Å²) in [5.41, 5.74) is 0.292. The molecule has 1 heterocycles. The van der Waals surface area contributed by atoms with E-state index in [0.717, 1.165) is 12.1 Å². The fourth-order valence-electron chi connectivity index (χ4n) is 1.48. The van der Waals surface area contributed by atoms with Crippen LogP contribution in [0.5, 0.6) is 0 Å². The maximum atomic E-state index is 13.5. The Morgan fingerprint density at radius 2 is 1.94 bits per heavy atom. The number of carbonyl (C=O) groups excluding carboxylic acids is 1. The maximum absolute atomic E-state index is 13.5. The van der Waals surface area contributed by atoms with Gasteiger partial charge in [-0.2, -0.15) is 11.3 Å². The molecular formula is C12H10F2N2OS. The third-order valence-electron chi connectivity index (χ3n) is 2.33. The van der Waals surface area contributed by atoms with Crippen molar-refractivity contribution >= 4 is 28.6 Å². The third-order valence-corrected chi connectivity index (χ3v) is 3.02. The molecule has 1 aromatic heterocycles. The molecule has 2 N–H and O–H groups in total. The summed E-state index contributed by atoms with van der Waals surface area (Å²) < 4.78 is 26.9. The standard InChI is InChI=1S/C12H10F2N2OS/c1-15-11-9(13)4-7(5-10(11)14)12(17)16-8-2-3-18-6-8/h2-6,15H,1H3,(H,16,17). The van der Waals surface area contributed by atoms with Gasteiger partial charge < -0.3 is 10.6 Å². The van der Waals surface area contributed by atoms with Gasteiger partial charge >= 0.3 is 0 Å². The number of anilines is 2. The lowest BCUT2D eigenvalue weighted by Gasteiger charge is -2.07. The molecule has 1 amide bonds. The normalized spacial score (nSPS) is 10.2. The summed E-state index contributed by atoms with van der Waals surface area (Å²) in [7, 11) is 1.41. The molecule has 0 radical (unpaired) electrons. The molecule has 0 bridgehead atoms. The van der Waals surface area contributed by atoms with E-state index in [1.54, 1.807) is 16.8 Å². The molecule has 0 aliphatic carbocycles. The van der Waals surface area contributed by atoms with Gasteiger partial charge in [-0.15, -0.1) is 0 Å². The lowest BCUT2D eigenvalue weighted by Crippen LogP contribution is -2.12. The van der Waals surface area contributed by atoms with Crippen molar-refractivity contribution in [3.05, 3.63) is 46.2 Å². The maximum Gasteiger partial charge on any atom is 0.255 e. The third kappa shape index (κ3) is 2.48. The second-order valence-corrected chi connectivity index (χ2v) is 4.31. The molecule has 0 saturated carbocycles. The van der Waals surface area contributed by atoms with E-state index in [9.17, 15) is 13.6 Å². The summed E-state index contributed by atoms with van der Waals surface area (Å²) in [6.45, 7) is 0. The first kappa shape index (κ1) is 12.5. The number of hydrogen-bond donors (Lipinski definition) is 2. The Balaban J connectivity index is 2.26. The van der Waals surface area contributed by atoms with Crippen molar-refractivity contribution in [1.82, 2.24) is 0 Å². The van der Waals surface area contributed by atoms with Gasteiger partial charge in [-0.3, -0.25) is 4.79 Å². The highest BCUT2D eigenvalue weighted by atomic mass is 32.1. The molecule has 3 nitrogen and oxygen atoms in total. The van der Waals surface area contributed by atoms with Crippen LogP contribution in [0.25, 0.3) is 0 Å². The van der Waals surface area contributed by atoms with Crippen LogP contribution in [0.4, 0.5) is 20.2 Å². The zero-order valence-corrected chi connectivity index (χ0v) is 10.3. The number of hydrogen-bond acceptors (Lipinski definition) is 3. The molecule has 2 rings (SSSR count). The molecule has 94 valence electrons. The van der Waals surface area contributed by atoms with Crippen LogP contribution in [0.1, 0.15) is 10.4 Å². The SMILES string of the molecule is CNc1c(F)cc(C(=O)Nc2ccsc2)cc1F. The highest BCUT2D eigenvalue weighted by Gasteiger charge is 2.14. The Hall–Kier alpha value is -1.95. The molecule has 2 aromatic rings. The molecule has 6 heteroatoms. The summed E-state index contributed by atoms with van der Waals surface area (Å²) in [6, 6.07) is 3.70. The number of rotatable bonds is 3. The van der Waals surface area contributed by atoms with E-state index in [0.29, 0.717) is 5.69 Å². The number of benzene rings is 1. The molecule has 18 heavy (non-hydrogen) atoms. The summed E-state index contributed by atoms with van der Waals surface area (Å²) in [6.07, 6.45) is 0. The fourth-order valence-corrected chi connectivity index (χ4v) is 2.07. The van der Waals surface area contributed by atoms with Gasteiger partial charge in [0.15, 0.2) is 0 Å². The van der Waals surface area contributed by atoms with E-state index in [1.807, 2.05) is 0 Å². The van der Waals surface area contributed by atoms with E-state index >= 15 is 0 Å². The van der Waals surface area contributed by atoms with Gasteiger partial charge in [0.05, 0.1) is 5.69 Å². The number of thiophene rings is 1. The molecule has 0 atom stereocenters. The van der Waals surface area contributed by atoms with Crippen molar-refractivity contribution in [3.8, 4) is 0 Å². The van der Waals surface area contributed by atoms with Crippen LogP contribution >= 0.6 is 11.3 Å². The van der Waals surface area contributed by atoms with Crippen LogP contribution in [-0.2, 0) is 0 Å². The summed E-state index contributed by atoms with van der Waals surface area (Å²) in [5.74, 6) is -2.14. The largest absolute Gasteiger partial charge is 0.383 e. The second kappa shape index (κ2) is 5.14. The molecule has 0 unspecified atom stereocenters. The van der Waals surface area contributed by atoms with Crippen molar-refractivity contribution in [3.63, 3.8) is 0 Å². The minimum Gasteiger partial charge on any atom is -0.383 e. The van der Waals surface area contributed by atoms with Crippen molar-refractivity contribution in [1.29, 1.82) is 0 Å². The molecule has 0 fully saturated rings. The van der Waals surface area contributed by atoms with Gasteiger partial charge in [-0.25, -0.2) is 8.78 Å². The van der Waals surface area contributed by atoms with Crippen molar-refractivity contribution in [2.75, 3.05) is 17.7 Å². The highest BCUT2D eigenvalue weighted by Crippen LogP contribution is 2.21. The molecular weight excluding hydrogens is 258 g/mol. The van der Waals surface area contributed by atoms with E-state index in [4.69, 9.17) is 0 Å². The predicted molar refractivity (Wildman–Crippen MR) is 68.2 cm³/mol. The smallest absolute Gasteiger partial charge is 0.255 e. The number of amides is 1. The average molecular weight is 268 g/mol. The van der Waals surface area contributed by atoms with Crippen LogP contribution in [0.15, 0.2) is 29.0 Å². The lowest BCUT2D eigenvalue weighted by atomic mass is 10.1. The van der Waals surface area contributed by atoms with E-state index < -0.39 is 17.5 Å². The zero-order valence-electron chi connectivity index (χ0n) is 9.46. The van der Waals surface area contributed by atoms with Crippen LogP contribution in [0.2, 0.25) is 0 Å². The van der Waals surface area contributed by atoms with Crippen LogP contribution < -0.4 is 10.6 Å². The predicted octanol–water partition coefficient (Wildman–Crippen LogP) is 3.32. The summed E-state index contributed by atoms with van der Waals surface area (Å²) in [5, 5.41) is 8.46. The Bertz CT molecular complexity index is 546. The first-order valence-corrected chi connectivity index (χ1v) is 6.06. The minimum atomic E-state index is -0.798. The Kier molecular flexibility index (Phi) is 3.57. The van der Waals surface area contributed by atoms with Crippen molar-refractivity contribution < 1.29 is 13.6 Å². The topological polar surface area (TPSA) is 41.1 Å². The minimum absolute atomic E-state index is 0.0600. The molecule has 0 saturated heterocycles. The molecule has 0 spiro atoms. The van der Waals surface area contributed by atoms with Crippen LogP contribution in [-0.4, -0.2) is 13.0 Å². The number of halogens is 2. The van der Waals surface area contributed by atoms with E-state index in [2.05, 4.69) is 10.6 Å². The first-order chi connectivity index (χ1) is 8.61. The average Bonchev–Trinajstić information content (AvgIpc) is 2.81. The first-order valence-electron chi connectivity index (χ1n) is 5.12. The van der Waals surface area contributed by atoms with E-state index in [1.165, 1.54) is 18.4 Å². The van der Waals surface area contributed by atoms with Gasteiger partial charge in [-0.05, 0) is 23.6 Å². The lowest BCUT2D eigenvalue weighted by molar-refractivity contribution is 0.102. The van der Waals surface area contributed by atoms with Crippen molar-refractivity contribution in [2.45, 2.75) is 0 Å². The van der Waals surface area contributed by atoms with E-state index in [-0.39, 0.29) is 11.3 Å². The van der Waals surface area contributed by atoms with Crippen LogP contribution in [0, 0.1) is 11.6 Å². The Morgan fingerprint density at radius 1 is 1.28 bits per heavy atom. The van der Waals surface area contributed by atoms with Gasteiger partial charge in [0, 0.05) is 18.0 Å². The van der Waals surface area contributed by atoms with Crippen LogP contribution in [0.3, 0.4) is 0 Å². The summed E-state index contributed by atoms with van der Waals surface area (Å²) in [4.78, 5) is 11.8. The van der Waals surface area contributed by atoms with Gasteiger partial charge in [-0.1, -0.05) is 0 Å². The zero-order chi connectivity index (χ0) is 13.1. The Labute approximate surface area is 106 Å². The second-order valence-electron chi connectivity index (χ2n) is 3.53.